The van der Waals surface area contributed by atoms with E-state index in [1.165, 1.54) is 0 Å². The van der Waals surface area contributed by atoms with Crippen LogP contribution >= 0.6 is 45.3 Å². The first-order valence-corrected chi connectivity index (χ1v) is 29.6. The van der Waals surface area contributed by atoms with Crippen molar-refractivity contribution in [3.63, 3.8) is 0 Å². The van der Waals surface area contributed by atoms with E-state index >= 15 is 140 Å². The summed E-state index contributed by atoms with van der Waals surface area (Å²) < 4.78 is 512. The molecule has 0 atom stereocenters. The van der Waals surface area contributed by atoms with Gasteiger partial charge in [-0.1, -0.05) is 0 Å². The molecule has 12 aromatic rings. The summed E-state index contributed by atoms with van der Waals surface area (Å²) in [5.41, 5.74) is -37.4. The first kappa shape index (κ1) is 68.8. The summed E-state index contributed by atoms with van der Waals surface area (Å²) in [6, 6.07) is 2.09. The first-order chi connectivity index (χ1) is 47.0. The molecule has 100 heavy (non-hydrogen) atoms. The monoisotopic (exact) mass is 1510 g/mol. The maximum Gasteiger partial charge on any atom is 0.171 e. The van der Waals surface area contributed by atoms with Gasteiger partial charge in [-0.05, 0) is 48.5 Å². The van der Waals surface area contributed by atoms with Crippen LogP contribution in [0.4, 0.5) is 140 Å². The van der Waals surface area contributed by atoms with E-state index in [2.05, 4.69) is 0 Å². The van der Waals surface area contributed by atoms with Crippen LogP contribution in [0, 0.1) is 186 Å². The lowest BCUT2D eigenvalue weighted by atomic mass is 9.96. The zero-order chi connectivity index (χ0) is 72.8. The van der Waals surface area contributed by atoms with Gasteiger partial charge < -0.3 is 0 Å². The van der Waals surface area contributed by atoms with E-state index in [9.17, 15) is 0 Å². The minimum absolute atomic E-state index is 0.261. The molecule has 4 aromatic heterocycles. The van der Waals surface area contributed by atoms with Crippen LogP contribution in [-0.2, 0) is 0 Å². The highest BCUT2D eigenvalue weighted by Crippen LogP contribution is 2.53. The van der Waals surface area contributed by atoms with Gasteiger partial charge in [0.1, 0.15) is 0 Å². The average molecular weight is 1510 g/mol. The molecule has 0 aliphatic carbocycles. The van der Waals surface area contributed by atoms with E-state index in [4.69, 9.17) is 0 Å². The van der Waals surface area contributed by atoms with E-state index in [-0.39, 0.29) is 48.5 Å². The maximum absolute atomic E-state index is 16.0. The fraction of sp³-hybridized carbons (Fsp3) is 0. The molecular weight excluding hydrogens is 1500 g/mol. The molecule has 24 bridgehead atoms. The molecule has 0 saturated heterocycles. The van der Waals surface area contributed by atoms with Crippen molar-refractivity contribution in [2.75, 3.05) is 0 Å². The Kier molecular flexibility index (Phi) is 16.5. The Morgan fingerprint density at radius 3 is 0.230 bits per heavy atom. The molecule has 0 N–H and O–H groups in total. The van der Waals surface area contributed by atoms with Crippen LogP contribution in [0.1, 0.15) is 0 Å². The Bertz CT molecular complexity index is 4450. The van der Waals surface area contributed by atoms with Crippen LogP contribution in [0.3, 0.4) is 0 Å². The maximum atomic E-state index is 16.0. The molecule has 0 amide bonds. The lowest BCUT2D eigenvalue weighted by Gasteiger charge is -2.16. The predicted octanol–water partition coefficient (Wildman–Crippen LogP) is 24.7. The van der Waals surface area contributed by atoms with E-state index < -0.39 is 360 Å². The van der Waals surface area contributed by atoms with Gasteiger partial charge in [0.15, 0.2) is 186 Å². The van der Waals surface area contributed by atoms with Crippen LogP contribution in [-0.4, -0.2) is 0 Å². The van der Waals surface area contributed by atoms with Crippen LogP contribution in [0.25, 0.3) is 128 Å². The van der Waals surface area contributed by atoms with E-state index in [1.54, 1.807) is 0 Å². The van der Waals surface area contributed by atoms with E-state index in [0.29, 0.717) is 0 Å². The smallest absolute Gasteiger partial charge is 0.171 e. The molecule has 0 radical (unpaired) electrons. The number of thiophene rings is 4. The van der Waals surface area contributed by atoms with Crippen LogP contribution < -0.4 is 0 Å². The van der Waals surface area contributed by atoms with Crippen LogP contribution in [0.5, 0.6) is 0 Å². The van der Waals surface area contributed by atoms with Gasteiger partial charge in [-0.15, -0.1) is 45.3 Å². The van der Waals surface area contributed by atoms with Crippen molar-refractivity contribution in [3.8, 4) is 128 Å². The first-order valence-electron chi connectivity index (χ1n) is 26.3. The normalized spacial score (nSPS) is 12.0. The highest BCUT2D eigenvalue weighted by molar-refractivity contribution is 7.20. The van der Waals surface area contributed by atoms with Gasteiger partial charge in [-0.25, -0.2) is 140 Å². The lowest BCUT2D eigenvalue weighted by Crippen LogP contribution is -2.09. The summed E-state index contributed by atoms with van der Waals surface area (Å²) in [4.78, 5) is -10.5. The van der Waals surface area contributed by atoms with Gasteiger partial charge in [0.2, 0.25) is 0 Å². The summed E-state index contributed by atoms with van der Waals surface area (Å²) >= 11 is -1.94. The Balaban J connectivity index is 1.01. The molecule has 0 saturated carbocycles. The number of halogens is 32. The van der Waals surface area contributed by atoms with Gasteiger partial charge >= 0.3 is 0 Å². The topological polar surface area (TPSA) is 0 Å². The van der Waals surface area contributed by atoms with E-state index in [0.717, 1.165) is 0 Å². The molecule has 0 fully saturated rings. The van der Waals surface area contributed by atoms with Gasteiger partial charge in [-0.3, -0.25) is 0 Å². The molecule has 34 rings (SSSR count). The third-order valence-corrected chi connectivity index (χ3v) is 20.0. The summed E-state index contributed by atoms with van der Waals surface area (Å²) in [5.74, 6) is -92.0. The van der Waals surface area contributed by atoms with Gasteiger partial charge in [0.05, 0.1) is 89.0 Å². The summed E-state index contributed by atoms with van der Waals surface area (Å²) in [7, 11) is 0. The molecule has 0 nitrogen and oxygen atoms in total. The zero-order valence-electron chi connectivity index (χ0n) is 46.3. The molecule has 22 aliphatic heterocycles. The minimum atomic E-state index is -2.96. The zero-order valence-corrected chi connectivity index (χ0v) is 49.6. The second kappa shape index (κ2) is 24.0. The Morgan fingerprint density at radius 1 is 0.100 bits per heavy atom. The molecule has 26 heterocycles. The number of benzene rings is 8. The van der Waals surface area contributed by atoms with Crippen molar-refractivity contribution in [1.82, 2.24) is 0 Å². The fourth-order valence-corrected chi connectivity index (χ4v) is 15.3. The lowest BCUT2D eigenvalue weighted by molar-refractivity contribution is 0.446. The van der Waals surface area contributed by atoms with Gasteiger partial charge in [0.25, 0.3) is 0 Å². The van der Waals surface area contributed by atoms with Crippen molar-refractivity contribution in [3.05, 3.63) is 235 Å². The number of hydrogen-bond acceptors (Lipinski definition) is 4. The molecule has 0 unspecified atom stereocenters. The van der Waals surface area contributed by atoms with Crippen molar-refractivity contribution < 1.29 is 140 Å². The van der Waals surface area contributed by atoms with Crippen LogP contribution in [0.15, 0.2) is 48.5 Å². The Labute approximate surface area is 546 Å². The molecule has 22 aliphatic rings. The van der Waals surface area contributed by atoms with Crippen molar-refractivity contribution in [2.45, 2.75) is 0 Å². The fourth-order valence-electron chi connectivity index (χ4n) is 11.0. The number of hydrogen-bond donors (Lipinski definition) is 0. The van der Waals surface area contributed by atoms with Crippen molar-refractivity contribution in [2.24, 2.45) is 0 Å². The quantitative estimate of drug-likeness (QED) is 0.105. The highest BCUT2D eigenvalue weighted by atomic mass is 32.1. The second-order valence-corrected chi connectivity index (χ2v) is 25.0. The third kappa shape index (κ3) is 9.49. The molecule has 36 heteroatoms. The SMILES string of the molecule is Fc1c(F)c2c(F)c(F)c1-c1ccc(s1)-c1c(F)c(F)c(c(F)c1F)-c1c(F)c(F)c(c(F)c1F)-c1ccc(s1)-c1c(F)c(F)c(c(F)c1F)-c1c(F)c(F)c(c(F)c1F)-c1ccc(s1)-c1c(F)c(F)c(c(F)c1F)-c1c(F)c(F)c(c(F)c1F)-c1ccc(s1)-c1c(F)c(F)c-2c(F)c1F. The standard InChI is InChI=1S/C64H8F32S4/c65-33-17-9-1-2-10(97-9)18-35(67)51(83)27(52(84)36(18)68)28-55(87)39(71)20(40(72)56(28)88)12-5-6-14(99-12)22-43(75)59(91)31(60(92)44(22)76)32-63(95)47(79)24(48(80)64(32)96)16-8-7-15(100-16)23-45(77)61(93)30(62(94)46(23)78)29-57(89)41(73)21(42(74)58(29)90)13-4-3-11(98-13)19-37(69)53(85)26(54(86)38(19)70)25(49(33)81)50(82)34(17)66/h1-8H. The third-order valence-electron chi connectivity index (χ3n) is 15.5. The van der Waals surface area contributed by atoms with Crippen molar-refractivity contribution >= 4 is 45.3 Å². The Hall–Kier alpha value is -9.68. The molecular formula is C64H8F32S4. The average Bonchev–Trinajstić information content (AvgIpc) is 1.11. The van der Waals surface area contributed by atoms with Gasteiger partial charge in [0, 0.05) is 39.0 Å². The second-order valence-electron chi connectivity index (χ2n) is 20.7. The molecule has 512 valence electrons. The highest BCUT2D eigenvalue weighted by Gasteiger charge is 2.42. The molecule has 8 aromatic carbocycles. The summed E-state index contributed by atoms with van der Waals surface area (Å²) in [5, 5.41) is 0. The largest absolute Gasteiger partial charge is 0.203 e. The van der Waals surface area contributed by atoms with Crippen LogP contribution in [0.2, 0.25) is 0 Å². The summed E-state index contributed by atoms with van der Waals surface area (Å²) in [6.07, 6.45) is 0. The van der Waals surface area contributed by atoms with Crippen molar-refractivity contribution in [1.29, 1.82) is 0 Å². The predicted molar refractivity (Wildman–Crippen MR) is 295 cm³/mol. The number of rotatable bonds is 0. The molecule has 0 spiro atoms. The van der Waals surface area contributed by atoms with Gasteiger partial charge in [-0.2, -0.15) is 0 Å². The van der Waals surface area contributed by atoms with E-state index in [1.807, 2.05) is 0 Å². The Morgan fingerprint density at radius 2 is 0.160 bits per heavy atom. The minimum Gasteiger partial charge on any atom is -0.203 e. The summed E-state index contributed by atoms with van der Waals surface area (Å²) in [6.45, 7) is 0.